The summed E-state index contributed by atoms with van der Waals surface area (Å²) in [5.74, 6) is 0.741. The maximum atomic E-state index is 11.7. The summed E-state index contributed by atoms with van der Waals surface area (Å²) < 4.78 is 0. The van der Waals surface area contributed by atoms with Crippen LogP contribution in [0.15, 0.2) is 42.6 Å². The molecule has 20 heavy (non-hydrogen) atoms. The summed E-state index contributed by atoms with van der Waals surface area (Å²) in [5, 5.41) is 15.2. The molecule has 0 fully saturated rings. The van der Waals surface area contributed by atoms with Gasteiger partial charge in [-0.15, -0.1) is 0 Å². The van der Waals surface area contributed by atoms with E-state index in [-0.39, 0.29) is 11.7 Å². The third-order valence-corrected chi connectivity index (χ3v) is 2.69. The standard InChI is InChI=1S/C15H17N3O2/c1-2-4-14(20)18-13-5-3-10-16-15(13)17-11-6-8-12(19)9-7-11/h3,5-10,19H,2,4H2,1H3,(H,16,17)(H,18,20). The molecule has 0 aliphatic rings. The first-order chi connectivity index (χ1) is 9.69. The topological polar surface area (TPSA) is 74.2 Å². The zero-order valence-electron chi connectivity index (χ0n) is 11.3. The molecule has 1 amide bonds. The number of phenols is 1. The molecule has 0 saturated carbocycles. The number of benzene rings is 1. The Hall–Kier alpha value is -2.56. The van der Waals surface area contributed by atoms with Crippen LogP contribution < -0.4 is 10.6 Å². The number of nitrogens with zero attached hydrogens (tertiary/aromatic N) is 1. The highest BCUT2D eigenvalue weighted by atomic mass is 16.3. The van der Waals surface area contributed by atoms with Crippen LogP contribution in [0.4, 0.5) is 17.2 Å². The van der Waals surface area contributed by atoms with E-state index in [0.29, 0.717) is 17.9 Å². The molecule has 3 N–H and O–H groups in total. The molecule has 1 aromatic heterocycles. The van der Waals surface area contributed by atoms with Gasteiger partial charge in [0.05, 0.1) is 5.69 Å². The van der Waals surface area contributed by atoms with Crippen molar-refractivity contribution in [2.75, 3.05) is 10.6 Å². The summed E-state index contributed by atoms with van der Waals surface area (Å²) in [5.41, 5.74) is 1.42. The van der Waals surface area contributed by atoms with Crippen molar-refractivity contribution < 1.29 is 9.90 Å². The number of carbonyl (C=O) groups is 1. The summed E-state index contributed by atoms with van der Waals surface area (Å²) in [7, 11) is 0. The number of hydrogen-bond donors (Lipinski definition) is 3. The highest BCUT2D eigenvalue weighted by Crippen LogP contribution is 2.24. The average Bonchev–Trinajstić information content (AvgIpc) is 2.44. The fourth-order valence-electron chi connectivity index (χ4n) is 1.73. The SMILES string of the molecule is CCCC(=O)Nc1cccnc1Nc1ccc(O)cc1. The monoisotopic (exact) mass is 271 g/mol. The Labute approximate surface area is 117 Å². The van der Waals surface area contributed by atoms with Crippen molar-refractivity contribution in [3.05, 3.63) is 42.6 Å². The molecule has 0 unspecified atom stereocenters. The van der Waals surface area contributed by atoms with Crippen molar-refractivity contribution in [2.24, 2.45) is 0 Å². The van der Waals surface area contributed by atoms with Gasteiger partial charge in [-0.3, -0.25) is 4.79 Å². The second-order valence-corrected chi connectivity index (χ2v) is 4.37. The number of nitrogens with one attached hydrogen (secondary N) is 2. The summed E-state index contributed by atoms with van der Waals surface area (Å²) in [6.45, 7) is 1.96. The van der Waals surface area contributed by atoms with E-state index in [0.717, 1.165) is 12.1 Å². The number of rotatable bonds is 5. The third kappa shape index (κ3) is 3.71. The van der Waals surface area contributed by atoms with Crippen LogP contribution >= 0.6 is 0 Å². The molecule has 0 aliphatic heterocycles. The first-order valence-corrected chi connectivity index (χ1v) is 6.50. The number of hydrogen-bond acceptors (Lipinski definition) is 4. The van der Waals surface area contributed by atoms with Gasteiger partial charge in [0.1, 0.15) is 5.75 Å². The van der Waals surface area contributed by atoms with Gasteiger partial charge in [-0.25, -0.2) is 4.98 Å². The van der Waals surface area contributed by atoms with Crippen molar-refractivity contribution in [1.82, 2.24) is 4.98 Å². The minimum absolute atomic E-state index is 0.0331. The third-order valence-electron chi connectivity index (χ3n) is 2.69. The largest absolute Gasteiger partial charge is 0.508 e. The van der Waals surface area contributed by atoms with Crippen molar-refractivity contribution >= 4 is 23.1 Å². The first-order valence-electron chi connectivity index (χ1n) is 6.50. The van der Waals surface area contributed by atoms with E-state index in [1.807, 2.05) is 6.92 Å². The van der Waals surface area contributed by atoms with Crippen LogP contribution in [0.5, 0.6) is 5.75 Å². The van der Waals surface area contributed by atoms with Crippen LogP contribution in [0.1, 0.15) is 19.8 Å². The molecule has 0 aliphatic carbocycles. The second kappa shape index (κ2) is 6.56. The van der Waals surface area contributed by atoms with Gasteiger partial charge in [-0.05, 0) is 42.8 Å². The first kappa shape index (κ1) is 13.9. The Morgan fingerprint density at radius 3 is 2.70 bits per heavy atom. The molecule has 0 bridgehead atoms. The molecule has 1 heterocycles. The lowest BCUT2D eigenvalue weighted by molar-refractivity contribution is -0.116. The molecule has 0 spiro atoms. The molecule has 0 radical (unpaired) electrons. The lowest BCUT2D eigenvalue weighted by Crippen LogP contribution is -2.12. The van der Waals surface area contributed by atoms with Crippen molar-refractivity contribution in [1.29, 1.82) is 0 Å². The van der Waals surface area contributed by atoms with Gasteiger partial charge >= 0.3 is 0 Å². The van der Waals surface area contributed by atoms with E-state index < -0.39 is 0 Å². The van der Waals surface area contributed by atoms with Gasteiger partial charge in [0.2, 0.25) is 5.91 Å². The van der Waals surface area contributed by atoms with Crippen LogP contribution in [0.2, 0.25) is 0 Å². The number of carbonyl (C=O) groups excluding carboxylic acids is 1. The van der Waals surface area contributed by atoms with E-state index in [2.05, 4.69) is 15.6 Å². The predicted molar refractivity (Wildman–Crippen MR) is 79.2 cm³/mol. The van der Waals surface area contributed by atoms with Gasteiger partial charge in [0, 0.05) is 18.3 Å². The van der Waals surface area contributed by atoms with Crippen molar-refractivity contribution in [2.45, 2.75) is 19.8 Å². The summed E-state index contributed by atoms with van der Waals surface area (Å²) in [6, 6.07) is 10.2. The number of amides is 1. The van der Waals surface area contributed by atoms with Crippen molar-refractivity contribution in [3.63, 3.8) is 0 Å². The molecule has 5 nitrogen and oxygen atoms in total. The van der Waals surface area contributed by atoms with Gasteiger partial charge in [-0.1, -0.05) is 6.92 Å². The quantitative estimate of drug-likeness (QED) is 0.730. The molecule has 0 saturated heterocycles. The Balaban J connectivity index is 2.15. The van der Waals surface area contributed by atoms with Crippen molar-refractivity contribution in [3.8, 4) is 5.75 Å². The molecular formula is C15H17N3O2. The van der Waals surface area contributed by atoms with Crippen LogP contribution in [0.3, 0.4) is 0 Å². The Kier molecular flexibility index (Phi) is 4.55. The fourth-order valence-corrected chi connectivity index (χ4v) is 1.73. The second-order valence-electron chi connectivity index (χ2n) is 4.37. The van der Waals surface area contributed by atoms with Gasteiger partial charge in [0.25, 0.3) is 0 Å². The molecule has 104 valence electrons. The van der Waals surface area contributed by atoms with E-state index in [9.17, 15) is 9.90 Å². The molecule has 2 rings (SSSR count). The minimum Gasteiger partial charge on any atom is -0.508 e. The highest BCUT2D eigenvalue weighted by molar-refractivity contribution is 5.93. The van der Waals surface area contributed by atoms with E-state index in [1.54, 1.807) is 42.6 Å². The number of aromatic hydroxyl groups is 1. The zero-order valence-corrected chi connectivity index (χ0v) is 11.3. The smallest absolute Gasteiger partial charge is 0.224 e. The van der Waals surface area contributed by atoms with Crippen LogP contribution in [-0.4, -0.2) is 16.0 Å². The average molecular weight is 271 g/mol. The lowest BCUT2D eigenvalue weighted by Gasteiger charge is -2.11. The van der Waals surface area contributed by atoms with Crippen LogP contribution in [0, 0.1) is 0 Å². The minimum atomic E-state index is -0.0331. The highest BCUT2D eigenvalue weighted by Gasteiger charge is 2.07. The lowest BCUT2D eigenvalue weighted by atomic mass is 10.2. The van der Waals surface area contributed by atoms with Crippen LogP contribution in [0.25, 0.3) is 0 Å². The van der Waals surface area contributed by atoms with Crippen LogP contribution in [-0.2, 0) is 4.79 Å². The summed E-state index contributed by atoms with van der Waals surface area (Å²) in [4.78, 5) is 15.9. The number of pyridine rings is 1. The molecular weight excluding hydrogens is 254 g/mol. The predicted octanol–water partition coefficient (Wildman–Crippen LogP) is 3.27. The van der Waals surface area contributed by atoms with Gasteiger partial charge < -0.3 is 15.7 Å². The maximum absolute atomic E-state index is 11.7. The van der Waals surface area contributed by atoms with E-state index in [1.165, 1.54) is 0 Å². The zero-order chi connectivity index (χ0) is 14.4. The van der Waals surface area contributed by atoms with Gasteiger partial charge in [-0.2, -0.15) is 0 Å². The number of anilines is 3. The Morgan fingerprint density at radius 2 is 2.00 bits per heavy atom. The fraction of sp³-hybridized carbons (Fsp3) is 0.200. The Morgan fingerprint density at radius 1 is 1.25 bits per heavy atom. The normalized spacial score (nSPS) is 10.1. The molecule has 2 aromatic rings. The van der Waals surface area contributed by atoms with Gasteiger partial charge in [0.15, 0.2) is 5.82 Å². The maximum Gasteiger partial charge on any atom is 0.224 e. The molecule has 1 aromatic carbocycles. The summed E-state index contributed by atoms with van der Waals surface area (Å²) >= 11 is 0. The molecule has 0 atom stereocenters. The Bertz CT molecular complexity index is 582. The number of phenolic OH excluding ortho intramolecular Hbond substituents is 1. The van der Waals surface area contributed by atoms with E-state index >= 15 is 0 Å². The van der Waals surface area contributed by atoms with E-state index in [4.69, 9.17) is 0 Å². The number of aromatic nitrogens is 1. The summed E-state index contributed by atoms with van der Waals surface area (Å²) in [6.07, 6.45) is 2.93. The molecule has 5 heteroatoms.